The third-order valence-electron chi connectivity index (χ3n) is 3.05. The third kappa shape index (κ3) is 4.14. The smallest absolute Gasteiger partial charge is 0.0952 e. The molecule has 0 radical (unpaired) electrons. The molecule has 1 saturated carbocycles. The Kier molecular flexibility index (Phi) is 4.19. The Balaban J connectivity index is 1.99. The number of rotatable bonds is 6. The minimum absolute atomic E-state index is 0.177. The Hall–Kier alpha value is -0.860. The van der Waals surface area contributed by atoms with Crippen LogP contribution in [0.25, 0.3) is 0 Å². The average Bonchev–Trinajstić information content (AvgIpc) is 3.09. The molecule has 1 atom stereocenters. The second kappa shape index (κ2) is 5.65. The standard InChI is InChI=1S/C15H23NO/c1-11(2)17-15(10-16-14-8-9-14)13-6-4-12(3)5-7-13/h4-7,11,14-16H,8-10H2,1-3H3. The van der Waals surface area contributed by atoms with E-state index in [9.17, 15) is 0 Å². The Labute approximate surface area is 104 Å². The second-order valence-electron chi connectivity index (χ2n) is 5.27. The molecule has 2 rings (SSSR count). The number of aryl methyl sites for hydroxylation is 1. The first-order valence-corrected chi connectivity index (χ1v) is 6.60. The molecule has 0 heterocycles. The summed E-state index contributed by atoms with van der Waals surface area (Å²) in [5, 5.41) is 3.55. The van der Waals surface area contributed by atoms with Gasteiger partial charge in [-0.15, -0.1) is 0 Å². The lowest BCUT2D eigenvalue weighted by Gasteiger charge is -2.21. The van der Waals surface area contributed by atoms with E-state index in [1.807, 2.05) is 0 Å². The van der Waals surface area contributed by atoms with Gasteiger partial charge in [0.2, 0.25) is 0 Å². The van der Waals surface area contributed by atoms with E-state index in [0.717, 1.165) is 12.6 Å². The maximum atomic E-state index is 5.99. The van der Waals surface area contributed by atoms with Gasteiger partial charge in [-0.1, -0.05) is 29.8 Å². The predicted molar refractivity (Wildman–Crippen MR) is 71.2 cm³/mol. The van der Waals surface area contributed by atoms with Gasteiger partial charge < -0.3 is 10.1 Å². The summed E-state index contributed by atoms with van der Waals surface area (Å²) >= 11 is 0. The van der Waals surface area contributed by atoms with Crippen LogP contribution in [0.2, 0.25) is 0 Å². The van der Waals surface area contributed by atoms with Crippen LogP contribution in [0, 0.1) is 6.92 Å². The van der Waals surface area contributed by atoms with Crippen LogP contribution in [0.5, 0.6) is 0 Å². The van der Waals surface area contributed by atoms with Crippen molar-refractivity contribution < 1.29 is 4.74 Å². The number of hydrogen-bond acceptors (Lipinski definition) is 2. The van der Waals surface area contributed by atoms with E-state index < -0.39 is 0 Å². The minimum atomic E-state index is 0.177. The normalized spacial score (nSPS) is 17.4. The molecule has 0 bridgehead atoms. The Morgan fingerprint density at radius 1 is 1.24 bits per heavy atom. The predicted octanol–water partition coefficient (Wildman–Crippen LogP) is 3.21. The van der Waals surface area contributed by atoms with Crippen molar-refractivity contribution in [3.05, 3.63) is 35.4 Å². The molecule has 2 nitrogen and oxygen atoms in total. The van der Waals surface area contributed by atoms with Crippen molar-refractivity contribution in [3.8, 4) is 0 Å². The average molecular weight is 233 g/mol. The molecule has 1 unspecified atom stereocenters. The van der Waals surface area contributed by atoms with E-state index in [2.05, 4.69) is 50.4 Å². The van der Waals surface area contributed by atoms with Crippen LogP contribution >= 0.6 is 0 Å². The Morgan fingerprint density at radius 3 is 2.41 bits per heavy atom. The van der Waals surface area contributed by atoms with E-state index in [1.165, 1.54) is 24.0 Å². The van der Waals surface area contributed by atoms with E-state index in [-0.39, 0.29) is 12.2 Å². The Bertz CT molecular complexity index is 340. The highest BCUT2D eigenvalue weighted by atomic mass is 16.5. The fraction of sp³-hybridized carbons (Fsp3) is 0.600. The lowest BCUT2D eigenvalue weighted by molar-refractivity contribution is 0.00692. The maximum absolute atomic E-state index is 5.99. The van der Waals surface area contributed by atoms with Crippen molar-refractivity contribution in [2.45, 2.75) is 51.9 Å². The van der Waals surface area contributed by atoms with Gasteiger partial charge in [-0.25, -0.2) is 0 Å². The zero-order chi connectivity index (χ0) is 12.3. The van der Waals surface area contributed by atoms with Crippen LogP contribution in [-0.4, -0.2) is 18.7 Å². The molecule has 1 aliphatic carbocycles. The fourth-order valence-electron chi connectivity index (χ4n) is 1.92. The number of hydrogen-bond donors (Lipinski definition) is 1. The van der Waals surface area contributed by atoms with Gasteiger partial charge in [-0.2, -0.15) is 0 Å². The summed E-state index contributed by atoms with van der Waals surface area (Å²) in [6.07, 6.45) is 3.09. The number of benzene rings is 1. The molecule has 0 amide bonds. The van der Waals surface area contributed by atoms with Crippen molar-refractivity contribution in [1.29, 1.82) is 0 Å². The molecule has 0 saturated heterocycles. The first-order chi connectivity index (χ1) is 8.15. The summed E-state index contributed by atoms with van der Waals surface area (Å²) in [7, 11) is 0. The Morgan fingerprint density at radius 2 is 1.88 bits per heavy atom. The second-order valence-corrected chi connectivity index (χ2v) is 5.27. The molecule has 94 valence electrons. The summed E-state index contributed by atoms with van der Waals surface area (Å²) in [4.78, 5) is 0. The van der Waals surface area contributed by atoms with Crippen LogP contribution < -0.4 is 5.32 Å². The molecule has 1 aliphatic rings. The zero-order valence-corrected chi connectivity index (χ0v) is 11.1. The molecule has 17 heavy (non-hydrogen) atoms. The van der Waals surface area contributed by atoms with Crippen LogP contribution in [0.4, 0.5) is 0 Å². The van der Waals surface area contributed by atoms with Gasteiger partial charge in [0.15, 0.2) is 0 Å². The van der Waals surface area contributed by atoms with Gasteiger partial charge in [-0.05, 0) is 39.2 Å². The van der Waals surface area contributed by atoms with Crippen molar-refractivity contribution in [2.24, 2.45) is 0 Å². The lowest BCUT2D eigenvalue weighted by atomic mass is 10.1. The molecule has 1 N–H and O–H groups in total. The largest absolute Gasteiger partial charge is 0.370 e. The highest BCUT2D eigenvalue weighted by Gasteiger charge is 2.23. The van der Waals surface area contributed by atoms with Crippen molar-refractivity contribution in [3.63, 3.8) is 0 Å². The molecular formula is C15H23NO. The fourth-order valence-corrected chi connectivity index (χ4v) is 1.92. The molecule has 0 aliphatic heterocycles. The molecule has 0 aromatic heterocycles. The monoisotopic (exact) mass is 233 g/mol. The van der Waals surface area contributed by atoms with Gasteiger partial charge in [0.25, 0.3) is 0 Å². The van der Waals surface area contributed by atoms with Crippen LogP contribution in [-0.2, 0) is 4.74 Å². The summed E-state index contributed by atoms with van der Waals surface area (Å²) in [6, 6.07) is 9.40. The molecule has 1 aromatic carbocycles. The van der Waals surface area contributed by atoms with Crippen molar-refractivity contribution in [2.75, 3.05) is 6.54 Å². The third-order valence-corrected chi connectivity index (χ3v) is 3.05. The van der Waals surface area contributed by atoms with Gasteiger partial charge in [0.05, 0.1) is 12.2 Å². The van der Waals surface area contributed by atoms with Crippen molar-refractivity contribution >= 4 is 0 Å². The summed E-state index contributed by atoms with van der Waals surface area (Å²) < 4.78 is 5.99. The van der Waals surface area contributed by atoms with Crippen LogP contribution in [0.1, 0.15) is 43.9 Å². The lowest BCUT2D eigenvalue weighted by Crippen LogP contribution is -2.26. The van der Waals surface area contributed by atoms with Gasteiger partial charge in [0, 0.05) is 12.6 Å². The number of ether oxygens (including phenoxy) is 1. The quantitative estimate of drug-likeness (QED) is 0.814. The van der Waals surface area contributed by atoms with Crippen LogP contribution in [0.15, 0.2) is 24.3 Å². The van der Waals surface area contributed by atoms with Crippen LogP contribution in [0.3, 0.4) is 0 Å². The molecule has 0 spiro atoms. The maximum Gasteiger partial charge on any atom is 0.0952 e. The van der Waals surface area contributed by atoms with Crippen molar-refractivity contribution in [1.82, 2.24) is 5.32 Å². The zero-order valence-electron chi connectivity index (χ0n) is 11.1. The topological polar surface area (TPSA) is 21.3 Å². The molecular weight excluding hydrogens is 210 g/mol. The van der Waals surface area contributed by atoms with Gasteiger partial charge >= 0.3 is 0 Å². The van der Waals surface area contributed by atoms with Gasteiger partial charge in [0.1, 0.15) is 0 Å². The van der Waals surface area contributed by atoms with Gasteiger partial charge in [-0.3, -0.25) is 0 Å². The summed E-state index contributed by atoms with van der Waals surface area (Å²) in [5.74, 6) is 0. The summed E-state index contributed by atoms with van der Waals surface area (Å²) in [6.45, 7) is 7.23. The number of nitrogens with one attached hydrogen (secondary N) is 1. The van der Waals surface area contributed by atoms with E-state index in [0.29, 0.717) is 0 Å². The molecule has 1 aromatic rings. The highest BCUT2D eigenvalue weighted by Crippen LogP contribution is 2.23. The molecule has 2 heteroatoms. The highest BCUT2D eigenvalue weighted by molar-refractivity contribution is 5.23. The summed E-state index contributed by atoms with van der Waals surface area (Å²) in [5.41, 5.74) is 2.57. The SMILES string of the molecule is Cc1ccc(C(CNC2CC2)OC(C)C)cc1. The van der Waals surface area contributed by atoms with E-state index in [4.69, 9.17) is 4.74 Å². The van der Waals surface area contributed by atoms with E-state index in [1.54, 1.807) is 0 Å². The first kappa shape index (κ1) is 12.6. The first-order valence-electron chi connectivity index (χ1n) is 6.60. The van der Waals surface area contributed by atoms with E-state index >= 15 is 0 Å². The molecule has 1 fully saturated rings. The minimum Gasteiger partial charge on any atom is -0.370 e.